The SMILES string of the molecule is CC(C)c1nnsc1CBr. The van der Waals surface area contributed by atoms with Crippen LogP contribution >= 0.6 is 27.5 Å². The minimum atomic E-state index is 0.492. The van der Waals surface area contributed by atoms with E-state index in [2.05, 4.69) is 39.4 Å². The molecule has 0 bridgehead atoms. The largest absolute Gasteiger partial charge is 0.143 e. The highest BCUT2D eigenvalue weighted by atomic mass is 79.9. The summed E-state index contributed by atoms with van der Waals surface area (Å²) in [5.41, 5.74) is 1.13. The Hall–Kier alpha value is 0.0400. The molecule has 2 nitrogen and oxygen atoms in total. The summed E-state index contributed by atoms with van der Waals surface area (Å²) < 4.78 is 3.88. The maximum absolute atomic E-state index is 4.03. The summed E-state index contributed by atoms with van der Waals surface area (Å²) >= 11 is 4.86. The second kappa shape index (κ2) is 3.44. The Bertz CT molecular complexity index is 209. The lowest BCUT2D eigenvalue weighted by Gasteiger charge is -1.98. The van der Waals surface area contributed by atoms with Gasteiger partial charge < -0.3 is 0 Å². The summed E-state index contributed by atoms with van der Waals surface area (Å²) in [6, 6.07) is 0. The van der Waals surface area contributed by atoms with Gasteiger partial charge in [-0.25, -0.2) is 0 Å². The summed E-state index contributed by atoms with van der Waals surface area (Å²) in [6.45, 7) is 4.26. The van der Waals surface area contributed by atoms with Crippen LogP contribution in [0.2, 0.25) is 0 Å². The Morgan fingerprint density at radius 1 is 1.60 bits per heavy atom. The molecule has 0 amide bonds. The van der Waals surface area contributed by atoms with E-state index in [1.807, 2.05) is 0 Å². The molecule has 0 saturated carbocycles. The monoisotopic (exact) mass is 220 g/mol. The summed E-state index contributed by atoms with van der Waals surface area (Å²) in [5, 5.41) is 4.90. The van der Waals surface area contributed by atoms with E-state index < -0.39 is 0 Å². The van der Waals surface area contributed by atoms with E-state index in [0.29, 0.717) is 5.92 Å². The second-order valence-electron chi connectivity index (χ2n) is 2.37. The Kier molecular flexibility index (Phi) is 2.80. The number of aromatic nitrogens is 2. The van der Waals surface area contributed by atoms with Crippen molar-refractivity contribution in [2.24, 2.45) is 0 Å². The van der Waals surface area contributed by atoms with Crippen LogP contribution < -0.4 is 0 Å². The summed E-state index contributed by atoms with van der Waals surface area (Å²) in [7, 11) is 0. The number of hydrogen-bond donors (Lipinski definition) is 0. The average Bonchev–Trinajstić information content (AvgIpc) is 2.33. The van der Waals surface area contributed by atoms with Gasteiger partial charge in [-0.1, -0.05) is 34.3 Å². The molecular formula is C6H9BrN2S. The normalized spacial score (nSPS) is 10.8. The number of nitrogens with zero attached hydrogens (tertiary/aromatic N) is 2. The third-order valence-corrected chi connectivity index (χ3v) is 2.92. The van der Waals surface area contributed by atoms with Gasteiger partial charge in [0, 0.05) is 5.33 Å². The van der Waals surface area contributed by atoms with Crippen molar-refractivity contribution in [3.05, 3.63) is 10.6 Å². The van der Waals surface area contributed by atoms with Gasteiger partial charge in [0.05, 0.1) is 10.6 Å². The molecule has 1 heterocycles. The number of rotatable bonds is 2. The first kappa shape index (κ1) is 8.14. The molecule has 0 unspecified atom stereocenters. The van der Waals surface area contributed by atoms with Crippen LogP contribution in [0, 0.1) is 0 Å². The molecule has 0 N–H and O–H groups in total. The van der Waals surface area contributed by atoms with Gasteiger partial charge in [0.1, 0.15) is 0 Å². The van der Waals surface area contributed by atoms with Crippen LogP contribution in [-0.4, -0.2) is 9.59 Å². The first-order chi connectivity index (χ1) is 4.75. The fraction of sp³-hybridized carbons (Fsp3) is 0.667. The average molecular weight is 221 g/mol. The molecule has 0 saturated heterocycles. The lowest BCUT2D eigenvalue weighted by atomic mass is 10.1. The van der Waals surface area contributed by atoms with Crippen molar-refractivity contribution < 1.29 is 0 Å². The van der Waals surface area contributed by atoms with E-state index in [1.165, 1.54) is 16.4 Å². The molecule has 0 radical (unpaired) electrons. The van der Waals surface area contributed by atoms with Crippen molar-refractivity contribution in [2.45, 2.75) is 25.1 Å². The van der Waals surface area contributed by atoms with Crippen molar-refractivity contribution in [1.82, 2.24) is 9.59 Å². The van der Waals surface area contributed by atoms with Gasteiger partial charge >= 0.3 is 0 Å². The zero-order valence-electron chi connectivity index (χ0n) is 5.97. The Balaban J connectivity index is 2.90. The molecule has 0 aliphatic rings. The minimum Gasteiger partial charge on any atom is -0.143 e. The third kappa shape index (κ3) is 1.55. The van der Waals surface area contributed by atoms with Crippen LogP contribution in [0.25, 0.3) is 0 Å². The predicted octanol–water partition coefficient (Wildman–Crippen LogP) is 2.56. The lowest BCUT2D eigenvalue weighted by Crippen LogP contribution is -1.90. The molecule has 0 aromatic carbocycles. The Morgan fingerprint density at radius 2 is 2.30 bits per heavy atom. The summed E-state index contributed by atoms with van der Waals surface area (Å²) in [4.78, 5) is 1.25. The highest BCUT2D eigenvalue weighted by molar-refractivity contribution is 9.08. The van der Waals surface area contributed by atoms with Crippen molar-refractivity contribution in [3.63, 3.8) is 0 Å². The van der Waals surface area contributed by atoms with Gasteiger partial charge in [-0.2, -0.15) is 0 Å². The zero-order chi connectivity index (χ0) is 7.56. The minimum absolute atomic E-state index is 0.492. The summed E-state index contributed by atoms with van der Waals surface area (Å²) in [6.07, 6.45) is 0. The van der Waals surface area contributed by atoms with Crippen LogP contribution in [0.3, 0.4) is 0 Å². The highest BCUT2D eigenvalue weighted by Crippen LogP contribution is 2.21. The smallest absolute Gasteiger partial charge is 0.0821 e. The predicted molar refractivity (Wildman–Crippen MR) is 46.6 cm³/mol. The van der Waals surface area contributed by atoms with Crippen LogP contribution in [0.4, 0.5) is 0 Å². The Labute approximate surface area is 72.9 Å². The molecule has 56 valence electrons. The molecule has 1 aromatic heterocycles. The standard InChI is InChI=1S/C6H9BrN2S/c1-4(2)6-5(3-7)10-9-8-6/h4H,3H2,1-2H3. The van der Waals surface area contributed by atoms with Crippen LogP contribution in [0.5, 0.6) is 0 Å². The van der Waals surface area contributed by atoms with Gasteiger partial charge in [-0.15, -0.1) is 5.10 Å². The van der Waals surface area contributed by atoms with E-state index in [9.17, 15) is 0 Å². The van der Waals surface area contributed by atoms with E-state index in [-0.39, 0.29) is 0 Å². The molecule has 0 aliphatic heterocycles. The van der Waals surface area contributed by atoms with Gasteiger partial charge in [-0.05, 0) is 17.5 Å². The summed E-state index contributed by atoms with van der Waals surface area (Å²) in [5.74, 6) is 0.492. The molecule has 0 spiro atoms. The maximum Gasteiger partial charge on any atom is 0.0821 e. The molecule has 0 atom stereocenters. The fourth-order valence-electron chi connectivity index (χ4n) is 0.747. The molecule has 10 heavy (non-hydrogen) atoms. The second-order valence-corrected chi connectivity index (χ2v) is 3.77. The first-order valence-electron chi connectivity index (χ1n) is 3.12. The first-order valence-corrected chi connectivity index (χ1v) is 5.02. The van der Waals surface area contributed by atoms with Crippen molar-refractivity contribution in [2.75, 3.05) is 0 Å². The van der Waals surface area contributed by atoms with Crippen LogP contribution in [0.1, 0.15) is 30.3 Å². The zero-order valence-corrected chi connectivity index (χ0v) is 8.37. The molecule has 0 fully saturated rings. The highest BCUT2D eigenvalue weighted by Gasteiger charge is 2.09. The van der Waals surface area contributed by atoms with Crippen LogP contribution in [0.15, 0.2) is 0 Å². The molecular weight excluding hydrogens is 212 g/mol. The van der Waals surface area contributed by atoms with E-state index in [0.717, 1.165) is 11.0 Å². The van der Waals surface area contributed by atoms with E-state index in [1.54, 1.807) is 0 Å². The van der Waals surface area contributed by atoms with E-state index >= 15 is 0 Å². The van der Waals surface area contributed by atoms with Crippen molar-refractivity contribution in [3.8, 4) is 0 Å². The van der Waals surface area contributed by atoms with Crippen molar-refractivity contribution in [1.29, 1.82) is 0 Å². The molecule has 1 aromatic rings. The van der Waals surface area contributed by atoms with Gasteiger partial charge in [0.25, 0.3) is 0 Å². The molecule has 1 rings (SSSR count). The number of hydrogen-bond acceptors (Lipinski definition) is 3. The molecule has 0 aliphatic carbocycles. The van der Waals surface area contributed by atoms with Gasteiger partial charge in [0.2, 0.25) is 0 Å². The topological polar surface area (TPSA) is 25.8 Å². The maximum atomic E-state index is 4.03. The number of halogens is 1. The quantitative estimate of drug-likeness (QED) is 0.717. The third-order valence-electron chi connectivity index (χ3n) is 1.25. The Morgan fingerprint density at radius 3 is 2.70 bits per heavy atom. The fourth-order valence-corrected chi connectivity index (χ4v) is 1.99. The van der Waals surface area contributed by atoms with Crippen molar-refractivity contribution >= 4 is 27.5 Å². The molecule has 4 heteroatoms. The van der Waals surface area contributed by atoms with Gasteiger partial charge in [-0.3, -0.25) is 0 Å². The van der Waals surface area contributed by atoms with Crippen LogP contribution in [-0.2, 0) is 5.33 Å². The van der Waals surface area contributed by atoms with E-state index in [4.69, 9.17) is 0 Å². The number of alkyl halides is 1. The lowest BCUT2D eigenvalue weighted by molar-refractivity contribution is 0.804. The van der Waals surface area contributed by atoms with Gasteiger partial charge in [0.15, 0.2) is 0 Å².